The van der Waals surface area contributed by atoms with Gasteiger partial charge < -0.3 is 16.2 Å². The maximum absolute atomic E-state index is 11.8. The maximum atomic E-state index is 11.8. The summed E-state index contributed by atoms with van der Waals surface area (Å²) < 4.78 is 32.5. The highest BCUT2D eigenvalue weighted by molar-refractivity contribution is 7.90. The number of nitrogens with zero attached hydrogens (tertiary/aromatic N) is 3. The van der Waals surface area contributed by atoms with E-state index < -0.39 is 27.0 Å². The zero-order valence-corrected chi connectivity index (χ0v) is 10.6. The second-order valence-corrected chi connectivity index (χ2v) is 4.72. The van der Waals surface area contributed by atoms with E-state index in [-0.39, 0.29) is 12.2 Å². The van der Waals surface area contributed by atoms with Crippen LogP contribution in [0, 0.1) is 0 Å². The Balaban J connectivity index is 3.38. The van der Waals surface area contributed by atoms with Gasteiger partial charge >= 0.3 is 16.0 Å². The first-order chi connectivity index (χ1) is 8.29. The summed E-state index contributed by atoms with van der Waals surface area (Å²) in [5.41, 5.74) is 9.83. The quantitative estimate of drug-likeness (QED) is 0.389. The molecular weight excluding hydrogens is 262 g/mol. The van der Waals surface area contributed by atoms with Gasteiger partial charge in [0.1, 0.15) is 5.56 Å². The fraction of sp³-hybridized carbons (Fsp3) is 0.375. The maximum Gasteiger partial charge on any atom is 0.342 e. The zero-order valence-electron chi connectivity index (χ0n) is 9.82. The molecule has 1 aromatic rings. The van der Waals surface area contributed by atoms with Crippen LogP contribution < -0.4 is 11.5 Å². The fourth-order valence-electron chi connectivity index (χ4n) is 1.26. The Bertz CT molecular complexity index is 585. The number of esters is 1. The summed E-state index contributed by atoms with van der Waals surface area (Å²) in [6, 6.07) is 0. The molecule has 0 aliphatic heterocycles. The van der Waals surface area contributed by atoms with Crippen molar-refractivity contribution < 1.29 is 17.9 Å². The third-order valence-electron chi connectivity index (χ3n) is 1.85. The van der Waals surface area contributed by atoms with Crippen LogP contribution in [0.5, 0.6) is 0 Å². The number of hydrogen-bond donors (Lipinski definition) is 2. The zero-order chi connectivity index (χ0) is 13.9. The van der Waals surface area contributed by atoms with E-state index in [1.54, 1.807) is 6.92 Å². The SMILES string of the molecule is CCOC(=O)c1cnn(C)c1S(=O)(=O)N=C(N)N. The van der Waals surface area contributed by atoms with Crippen LogP contribution in [0.2, 0.25) is 0 Å². The molecule has 0 aliphatic carbocycles. The second kappa shape index (κ2) is 5.04. The highest BCUT2D eigenvalue weighted by atomic mass is 32.2. The first-order valence-corrected chi connectivity index (χ1v) is 6.28. The van der Waals surface area contributed by atoms with Gasteiger partial charge in [-0.25, -0.2) is 4.79 Å². The lowest BCUT2D eigenvalue weighted by molar-refractivity contribution is 0.0521. The van der Waals surface area contributed by atoms with Gasteiger partial charge in [0.15, 0.2) is 5.03 Å². The molecule has 1 aromatic heterocycles. The minimum Gasteiger partial charge on any atom is -0.462 e. The molecule has 0 spiro atoms. The predicted octanol–water partition coefficient (Wildman–Crippen LogP) is -1.44. The summed E-state index contributed by atoms with van der Waals surface area (Å²) in [4.78, 5) is 11.6. The Morgan fingerprint density at radius 1 is 1.56 bits per heavy atom. The summed E-state index contributed by atoms with van der Waals surface area (Å²) in [5, 5.41) is 3.26. The third-order valence-corrected chi connectivity index (χ3v) is 3.27. The first-order valence-electron chi connectivity index (χ1n) is 4.84. The number of hydrogen-bond acceptors (Lipinski definition) is 5. The van der Waals surface area contributed by atoms with E-state index in [1.807, 2.05) is 0 Å². The number of carbonyl (C=O) groups excluding carboxylic acids is 1. The molecule has 0 unspecified atom stereocenters. The molecule has 0 saturated carbocycles. The monoisotopic (exact) mass is 275 g/mol. The van der Waals surface area contributed by atoms with Gasteiger partial charge in [-0.3, -0.25) is 4.68 Å². The largest absolute Gasteiger partial charge is 0.462 e. The summed E-state index contributed by atoms with van der Waals surface area (Å²) in [6.45, 7) is 1.70. The molecule has 0 radical (unpaired) electrons. The molecule has 1 rings (SSSR count). The molecule has 0 saturated heterocycles. The average molecular weight is 275 g/mol. The fourth-order valence-corrected chi connectivity index (χ4v) is 2.42. The Hall–Kier alpha value is -2.10. The Labute approximate surface area is 103 Å². The molecule has 0 fully saturated rings. The Morgan fingerprint density at radius 3 is 2.67 bits per heavy atom. The van der Waals surface area contributed by atoms with Gasteiger partial charge in [0.2, 0.25) is 5.96 Å². The van der Waals surface area contributed by atoms with Gasteiger partial charge in [0.25, 0.3) is 0 Å². The molecule has 0 amide bonds. The van der Waals surface area contributed by atoms with E-state index in [9.17, 15) is 13.2 Å². The smallest absolute Gasteiger partial charge is 0.342 e. The number of ether oxygens (including phenoxy) is 1. The van der Waals surface area contributed by atoms with Gasteiger partial charge in [-0.2, -0.15) is 13.5 Å². The summed E-state index contributed by atoms with van der Waals surface area (Å²) >= 11 is 0. The number of aryl methyl sites for hydroxylation is 1. The van der Waals surface area contributed by atoms with E-state index in [2.05, 4.69) is 9.50 Å². The molecule has 4 N–H and O–H groups in total. The van der Waals surface area contributed by atoms with Crippen LogP contribution in [-0.2, 0) is 21.8 Å². The molecule has 100 valence electrons. The minimum absolute atomic E-state index is 0.107. The van der Waals surface area contributed by atoms with E-state index in [0.717, 1.165) is 10.9 Å². The lowest BCUT2D eigenvalue weighted by Gasteiger charge is -2.04. The lowest BCUT2D eigenvalue weighted by atomic mass is 10.4. The van der Waals surface area contributed by atoms with Crippen molar-refractivity contribution in [1.82, 2.24) is 9.78 Å². The molecule has 18 heavy (non-hydrogen) atoms. The second-order valence-electron chi connectivity index (χ2n) is 3.20. The van der Waals surface area contributed by atoms with Crippen molar-refractivity contribution in [3.63, 3.8) is 0 Å². The van der Waals surface area contributed by atoms with Gasteiger partial charge in [0, 0.05) is 7.05 Å². The third kappa shape index (κ3) is 2.77. The number of guanidine groups is 1. The number of aromatic nitrogens is 2. The van der Waals surface area contributed by atoms with Crippen LogP contribution >= 0.6 is 0 Å². The van der Waals surface area contributed by atoms with Crippen LogP contribution in [-0.4, -0.2) is 36.7 Å². The topological polar surface area (TPSA) is 143 Å². The van der Waals surface area contributed by atoms with Crippen molar-refractivity contribution >= 4 is 22.0 Å². The minimum atomic E-state index is -4.20. The van der Waals surface area contributed by atoms with Gasteiger partial charge in [0.05, 0.1) is 12.8 Å². The van der Waals surface area contributed by atoms with Crippen LogP contribution in [0.3, 0.4) is 0 Å². The van der Waals surface area contributed by atoms with Crippen LogP contribution in [0.4, 0.5) is 0 Å². The molecular formula is C8H13N5O4S. The standard InChI is InChI=1S/C8H13N5O4S/c1-3-17-7(14)5-4-11-13(2)6(5)18(15,16)12-8(9)10/h4H,3H2,1-2H3,(H4,9,10,12). The van der Waals surface area contributed by atoms with Crippen LogP contribution in [0.1, 0.15) is 17.3 Å². The van der Waals surface area contributed by atoms with Crippen LogP contribution in [0.25, 0.3) is 0 Å². The number of sulfonamides is 1. The summed E-state index contributed by atoms with van der Waals surface area (Å²) in [5.74, 6) is -1.44. The molecule has 0 aromatic carbocycles. The highest BCUT2D eigenvalue weighted by Crippen LogP contribution is 2.18. The molecule has 9 nitrogen and oxygen atoms in total. The summed E-state index contributed by atoms with van der Waals surface area (Å²) in [6.07, 6.45) is 1.08. The predicted molar refractivity (Wildman–Crippen MR) is 62.2 cm³/mol. The van der Waals surface area contributed by atoms with E-state index in [0.29, 0.717) is 0 Å². The first kappa shape index (κ1) is 14.0. The normalized spacial score (nSPS) is 11.0. The Kier molecular flexibility index (Phi) is 3.91. The highest BCUT2D eigenvalue weighted by Gasteiger charge is 2.28. The van der Waals surface area contributed by atoms with E-state index in [4.69, 9.17) is 16.2 Å². The van der Waals surface area contributed by atoms with Crippen molar-refractivity contribution in [2.45, 2.75) is 11.9 Å². The number of nitrogens with two attached hydrogens (primary N) is 2. The molecule has 10 heteroatoms. The number of carbonyl (C=O) groups is 1. The van der Waals surface area contributed by atoms with Gasteiger partial charge in [-0.05, 0) is 6.92 Å². The average Bonchev–Trinajstić information content (AvgIpc) is 2.59. The van der Waals surface area contributed by atoms with Crippen molar-refractivity contribution in [2.24, 2.45) is 22.9 Å². The lowest BCUT2D eigenvalue weighted by Crippen LogP contribution is -2.25. The Morgan fingerprint density at radius 2 is 2.17 bits per heavy atom. The molecule has 1 heterocycles. The summed E-state index contributed by atoms with van der Waals surface area (Å²) in [7, 11) is -2.86. The van der Waals surface area contributed by atoms with Crippen LogP contribution in [0.15, 0.2) is 15.6 Å². The van der Waals surface area contributed by atoms with Crippen molar-refractivity contribution in [3.8, 4) is 0 Å². The van der Waals surface area contributed by atoms with Crippen molar-refractivity contribution in [3.05, 3.63) is 11.8 Å². The van der Waals surface area contributed by atoms with E-state index in [1.165, 1.54) is 7.05 Å². The van der Waals surface area contributed by atoms with Crippen molar-refractivity contribution in [2.75, 3.05) is 6.61 Å². The molecule has 0 bridgehead atoms. The molecule has 0 atom stereocenters. The van der Waals surface area contributed by atoms with Crippen molar-refractivity contribution in [1.29, 1.82) is 0 Å². The number of rotatable bonds is 4. The molecule has 0 aliphatic rings. The van der Waals surface area contributed by atoms with E-state index >= 15 is 0 Å². The van der Waals surface area contributed by atoms with Gasteiger partial charge in [-0.1, -0.05) is 0 Å². The van der Waals surface area contributed by atoms with Gasteiger partial charge in [-0.15, -0.1) is 4.40 Å².